The minimum Gasteiger partial charge on any atom is -0.478 e. The van der Waals surface area contributed by atoms with Crippen LogP contribution < -0.4 is 16.0 Å². The number of nitrogen functional groups attached to an aromatic ring is 1. The Morgan fingerprint density at radius 3 is 2.82 bits per heavy atom. The molecule has 0 aliphatic carbocycles. The molecule has 4 aromatic rings. The molecule has 0 amide bonds. The number of nitrogens with two attached hydrogens (primary N) is 1. The maximum absolute atomic E-state index is 10.6. The van der Waals surface area contributed by atoms with E-state index in [2.05, 4.69) is 41.2 Å². The predicted octanol–water partition coefficient (Wildman–Crippen LogP) is 3.73. The van der Waals surface area contributed by atoms with Crippen LogP contribution in [0.5, 0.6) is 0 Å². The second kappa shape index (κ2) is 10.7. The first kappa shape index (κ1) is 23.8. The van der Waals surface area contributed by atoms with Crippen LogP contribution in [0.2, 0.25) is 0 Å². The van der Waals surface area contributed by atoms with E-state index >= 15 is 0 Å². The van der Waals surface area contributed by atoms with Crippen molar-refractivity contribution in [2.75, 3.05) is 30.8 Å². The van der Waals surface area contributed by atoms with E-state index in [1.807, 2.05) is 49.8 Å². The summed E-state index contributed by atoms with van der Waals surface area (Å²) in [5.74, 6) is -0.950. The number of fused-ring (bicyclic) bond motifs is 1. The number of benzene rings is 1. The second-order valence-corrected chi connectivity index (χ2v) is 9.07. The number of hydrogen-bond acceptors (Lipinski definition) is 6. The molecule has 9 nitrogen and oxygen atoms in total. The molecule has 0 unspecified atom stereocenters. The van der Waals surface area contributed by atoms with E-state index in [1.54, 1.807) is 4.68 Å². The van der Waals surface area contributed by atoms with Gasteiger partial charge in [0, 0.05) is 37.7 Å². The van der Waals surface area contributed by atoms with Crippen LogP contribution in [0.15, 0.2) is 59.6 Å². The molecule has 1 aliphatic rings. The van der Waals surface area contributed by atoms with Gasteiger partial charge in [0.1, 0.15) is 5.65 Å². The third-order valence-electron chi connectivity index (χ3n) is 5.87. The number of anilines is 2. The fourth-order valence-electron chi connectivity index (χ4n) is 4.14. The summed E-state index contributed by atoms with van der Waals surface area (Å²) in [5, 5.41) is 17.1. The van der Waals surface area contributed by atoms with Crippen molar-refractivity contribution in [2.24, 2.45) is 0 Å². The lowest BCUT2D eigenvalue weighted by molar-refractivity contribution is 0.0696. The number of carboxylic acid groups (broad SMARTS) is 1. The Kier molecular flexibility index (Phi) is 7.49. The minimum absolute atomic E-state index is 0.214. The molecule has 178 valence electrons. The number of pyridine rings is 1. The number of nitrogens with one attached hydrogen (secondary N) is 2. The first-order valence-electron chi connectivity index (χ1n) is 11.1. The summed E-state index contributed by atoms with van der Waals surface area (Å²) < 4.78 is 2.61. The molecule has 1 saturated heterocycles. The predicted molar refractivity (Wildman–Crippen MR) is 137 cm³/mol. The lowest BCUT2D eigenvalue weighted by atomic mass is 10.0. The van der Waals surface area contributed by atoms with Gasteiger partial charge < -0.3 is 26.0 Å². The van der Waals surface area contributed by atoms with Gasteiger partial charge in [-0.3, -0.25) is 4.68 Å². The number of rotatable bonds is 5. The Morgan fingerprint density at radius 2 is 2.12 bits per heavy atom. The van der Waals surface area contributed by atoms with Gasteiger partial charge in [0.15, 0.2) is 0 Å². The zero-order valence-corrected chi connectivity index (χ0v) is 20.5. The topological polar surface area (TPSA) is 125 Å². The minimum atomic E-state index is -0.950. The first-order chi connectivity index (χ1) is 16.5. The van der Waals surface area contributed by atoms with E-state index in [0.717, 1.165) is 45.5 Å². The summed E-state index contributed by atoms with van der Waals surface area (Å²) in [6.45, 7) is 2.65. The zero-order chi connectivity index (χ0) is 24.1. The number of hydrogen-bond donors (Lipinski definition) is 4. The molecule has 0 saturated carbocycles. The van der Waals surface area contributed by atoms with Crippen molar-refractivity contribution in [1.82, 2.24) is 25.1 Å². The molecule has 10 heteroatoms. The van der Waals surface area contributed by atoms with Gasteiger partial charge in [-0.25, -0.2) is 9.78 Å². The highest BCUT2D eigenvalue weighted by molar-refractivity contribution is 9.10. The Hall–Kier alpha value is -3.37. The quantitative estimate of drug-likeness (QED) is 0.312. The normalized spacial score (nSPS) is 15.7. The third kappa shape index (κ3) is 5.40. The van der Waals surface area contributed by atoms with E-state index in [1.165, 1.54) is 25.2 Å². The standard InChI is InChI=1S/C13H18BrN5.C11H10N2O2/c1-16-8-3-2-4-19(7-8)12-9(14)5-17-13-11(12)10(15)6-18-13;14-11(15)10-6-12-13(8-10)7-9-4-2-1-3-5-9/h5-6,8,16H,2-4,7,15H2,1H3,(H,17,18);1-6,8H,7H2,(H,14,15)/t8-;/m1./s1. The molecule has 0 bridgehead atoms. The number of piperidine rings is 1. The van der Waals surface area contributed by atoms with Gasteiger partial charge >= 0.3 is 5.97 Å². The monoisotopic (exact) mass is 525 g/mol. The van der Waals surface area contributed by atoms with Gasteiger partial charge in [-0.2, -0.15) is 5.10 Å². The molecular weight excluding hydrogens is 498 g/mol. The number of carbonyl (C=O) groups is 1. The summed E-state index contributed by atoms with van der Waals surface area (Å²) in [4.78, 5) is 20.5. The zero-order valence-electron chi connectivity index (χ0n) is 18.9. The van der Waals surface area contributed by atoms with Crippen molar-refractivity contribution in [2.45, 2.75) is 25.4 Å². The van der Waals surface area contributed by atoms with Crippen LogP contribution in [-0.4, -0.2) is 57.0 Å². The summed E-state index contributed by atoms with van der Waals surface area (Å²) in [7, 11) is 2.02. The number of halogens is 1. The number of H-pyrrole nitrogens is 1. The van der Waals surface area contributed by atoms with Crippen molar-refractivity contribution in [3.63, 3.8) is 0 Å². The van der Waals surface area contributed by atoms with Gasteiger partial charge in [0.05, 0.1) is 39.5 Å². The van der Waals surface area contributed by atoms with E-state index in [0.29, 0.717) is 12.6 Å². The van der Waals surface area contributed by atoms with Crippen LogP contribution in [0.25, 0.3) is 11.0 Å². The highest BCUT2D eigenvalue weighted by Gasteiger charge is 2.23. The largest absolute Gasteiger partial charge is 0.478 e. The fraction of sp³-hybridized carbons (Fsp3) is 0.292. The third-order valence-corrected chi connectivity index (χ3v) is 6.45. The van der Waals surface area contributed by atoms with Gasteiger partial charge in [-0.15, -0.1) is 0 Å². The molecule has 0 spiro atoms. The van der Waals surface area contributed by atoms with E-state index in [-0.39, 0.29) is 5.56 Å². The summed E-state index contributed by atoms with van der Waals surface area (Å²) >= 11 is 3.62. The second-order valence-electron chi connectivity index (χ2n) is 8.21. The SMILES string of the molecule is CN[C@@H]1CCCN(c2c(Br)cnc3[nH]cc(N)c23)C1.O=C(O)c1cnn(Cc2ccccc2)c1. The van der Waals surface area contributed by atoms with E-state index in [9.17, 15) is 4.79 Å². The van der Waals surface area contributed by atoms with Crippen molar-refractivity contribution >= 4 is 44.3 Å². The Balaban J connectivity index is 0.000000166. The smallest absolute Gasteiger partial charge is 0.338 e. The van der Waals surface area contributed by atoms with Crippen LogP contribution in [0.4, 0.5) is 11.4 Å². The maximum atomic E-state index is 10.6. The van der Waals surface area contributed by atoms with E-state index < -0.39 is 5.97 Å². The van der Waals surface area contributed by atoms with Gasteiger partial charge in [0.2, 0.25) is 0 Å². The summed E-state index contributed by atoms with van der Waals surface area (Å²) in [5.41, 5.74) is 10.2. The molecule has 5 N–H and O–H groups in total. The molecule has 0 radical (unpaired) electrons. The Morgan fingerprint density at radius 1 is 1.32 bits per heavy atom. The molecule has 1 fully saturated rings. The highest BCUT2D eigenvalue weighted by Crippen LogP contribution is 2.37. The summed E-state index contributed by atoms with van der Waals surface area (Å²) in [6.07, 6.45) is 8.94. The van der Waals surface area contributed by atoms with Crippen molar-refractivity contribution in [1.29, 1.82) is 0 Å². The molecule has 34 heavy (non-hydrogen) atoms. The van der Waals surface area contributed by atoms with E-state index in [4.69, 9.17) is 10.8 Å². The number of carboxylic acids is 1. The van der Waals surface area contributed by atoms with Crippen molar-refractivity contribution in [3.05, 3.63) is 70.7 Å². The molecular formula is C24H28BrN7O2. The van der Waals surface area contributed by atoms with Crippen LogP contribution >= 0.6 is 15.9 Å². The van der Waals surface area contributed by atoms with Gasteiger partial charge in [-0.1, -0.05) is 30.3 Å². The summed E-state index contributed by atoms with van der Waals surface area (Å²) in [6, 6.07) is 10.3. The molecule has 3 aromatic heterocycles. The number of likely N-dealkylation sites (N-methyl/N-ethyl adjacent to an activating group) is 1. The fourth-order valence-corrected chi connectivity index (χ4v) is 4.69. The van der Waals surface area contributed by atoms with Crippen LogP contribution in [0.3, 0.4) is 0 Å². The molecule has 1 atom stereocenters. The van der Waals surface area contributed by atoms with Crippen molar-refractivity contribution < 1.29 is 9.90 Å². The maximum Gasteiger partial charge on any atom is 0.338 e. The van der Waals surface area contributed by atoms with Crippen molar-refractivity contribution in [3.8, 4) is 0 Å². The van der Waals surface area contributed by atoms with Crippen LogP contribution in [0.1, 0.15) is 28.8 Å². The average molecular weight is 526 g/mol. The lowest BCUT2D eigenvalue weighted by Gasteiger charge is -2.35. The first-order valence-corrected chi connectivity index (χ1v) is 11.9. The molecule has 5 rings (SSSR count). The number of aromatic nitrogens is 4. The van der Waals surface area contributed by atoms with Crippen LogP contribution in [0, 0.1) is 0 Å². The molecule has 4 heterocycles. The molecule has 1 aliphatic heterocycles. The Labute approximate surface area is 206 Å². The Bertz CT molecular complexity index is 1250. The number of aromatic carboxylic acids is 1. The average Bonchev–Trinajstić information content (AvgIpc) is 3.47. The lowest BCUT2D eigenvalue weighted by Crippen LogP contribution is -2.44. The molecule has 1 aromatic carbocycles. The number of nitrogens with zero attached hydrogens (tertiary/aromatic N) is 4. The van der Waals surface area contributed by atoms with Gasteiger partial charge in [0.25, 0.3) is 0 Å². The van der Waals surface area contributed by atoms with Crippen LogP contribution in [-0.2, 0) is 6.54 Å². The highest BCUT2D eigenvalue weighted by atomic mass is 79.9. The van der Waals surface area contributed by atoms with Gasteiger partial charge in [-0.05, 0) is 41.4 Å². The number of aromatic amines is 1.